The first-order chi connectivity index (χ1) is 13.7. The number of para-hydroxylation sites is 1. The van der Waals surface area contributed by atoms with Crippen LogP contribution in [0.3, 0.4) is 0 Å². The summed E-state index contributed by atoms with van der Waals surface area (Å²) in [5.41, 5.74) is 4.83. The maximum absolute atomic E-state index is 12.2. The van der Waals surface area contributed by atoms with Gasteiger partial charge in [-0.1, -0.05) is 76.2 Å². The summed E-state index contributed by atoms with van der Waals surface area (Å²) in [6, 6.07) is 22.1. The molecule has 0 heterocycles. The van der Waals surface area contributed by atoms with E-state index >= 15 is 0 Å². The summed E-state index contributed by atoms with van der Waals surface area (Å²) in [5.74, 6) is 1.46. The van der Waals surface area contributed by atoms with Crippen molar-refractivity contribution in [1.82, 2.24) is 0 Å². The molecule has 0 aliphatic rings. The van der Waals surface area contributed by atoms with Crippen molar-refractivity contribution in [2.45, 2.75) is 39.5 Å². The second-order valence-electron chi connectivity index (χ2n) is 7.64. The Morgan fingerprint density at radius 2 is 1.21 bits per heavy atom. The lowest BCUT2D eigenvalue weighted by Gasteiger charge is -2.18. The van der Waals surface area contributed by atoms with Crippen LogP contribution in [0.1, 0.15) is 50.7 Å². The number of phosphoric ester groups is 1. The van der Waals surface area contributed by atoms with Gasteiger partial charge in [-0.15, -0.1) is 0 Å². The van der Waals surface area contributed by atoms with Crippen LogP contribution in [-0.4, -0.2) is 4.89 Å². The number of benzene rings is 3. The first kappa shape index (κ1) is 21.2. The first-order valence-electron chi connectivity index (χ1n) is 9.76. The monoisotopic (exact) mass is 410 g/mol. The minimum atomic E-state index is -4.26. The SMILES string of the molecule is CC(C)c1ccc(-c2ccc(OP(=O)(O)Oc3ccccc3)cc2)cc1C(C)C. The summed E-state index contributed by atoms with van der Waals surface area (Å²) in [6.45, 7) is 8.82. The number of hydrogen-bond acceptors (Lipinski definition) is 3. The van der Waals surface area contributed by atoms with Crippen molar-refractivity contribution < 1.29 is 18.5 Å². The minimum Gasteiger partial charge on any atom is -0.395 e. The molecule has 3 aromatic rings. The van der Waals surface area contributed by atoms with Crippen LogP contribution >= 0.6 is 7.82 Å². The molecule has 5 heteroatoms. The molecule has 4 nitrogen and oxygen atoms in total. The molecule has 1 N–H and O–H groups in total. The molecule has 3 rings (SSSR count). The molecule has 1 atom stereocenters. The Hall–Kier alpha value is -2.55. The van der Waals surface area contributed by atoms with E-state index in [4.69, 9.17) is 9.05 Å². The van der Waals surface area contributed by atoms with Gasteiger partial charge in [0.1, 0.15) is 11.5 Å². The van der Waals surface area contributed by atoms with Crippen molar-refractivity contribution in [3.8, 4) is 22.6 Å². The van der Waals surface area contributed by atoms with Crippen molar-refractivity contribution >= 4 is 7.82 Å². The molecular weight excluding hydrogens is 383 g/mol. The van der Waals surface area contributed by atoms with Gasteiger partial charge in [0.05, 0.1) is 0 Å². The summed E-state index contributed by atoms with van der Waals surface area (Å²) in [4.78, 5) is 10.00. The van der Waals surface area contributed by atoms with Gasteiger partial charge in [0.25, 0.3) is 0 Å². The molecule has 0 amide bonds. The highest BCUT2D eigenvalue weighted by Crippen LogP contribution is 2.44. The van der Waals surface area contributed by atoms with Gasteiger partial charge < -0.3 is 9.05 Å². The van der Waals surface area contributed by atoms with E-state index in [0.717, 1.165) is 11.1 Å². The molecule has 0 spiro atoms. The Morgan fingerprint density at radius 1 is 0.690 bits per heavy atom. The molecule has 0 aliphatic carbocycles. The summed E-state index contributed by atoms with van der Waals surface area (Å²) < 4.78 is 22.5. The molecule has 0 radical (unpaired) electrons. The lowest BCUT2D eigenvalue weighted by atomic mass is 9.88. The normalized spacial score (nSPS) is 13.3. The van der Waals surface area contributed by atoms with Crippen LogP contribution in [0.15, 0.2) is 72.8 Å². The van der Waals surface area contributed by atoms with Gasteiger partial charge in [0.15, 0.2) is 0 Å². The van der Waals surface area contributed by atoms with Gasteiger partial charge in [0, 0.05) is 0 Å². The van der Waals surface area contributed by atoms with E-state index in [1.807, 2.05) is 12.1 Å². The van der Waals surface area contributed by atoms with Crippen LogP contribution in [0.5, 0.6) is 11.5 Å². The van der Waals surface area contributed by atoms with E-state index in [0.29, 0.717) is 11.8 Å². The van der Waals surface area contributed by atoms with Gasteiger partial charge in [-0.2, -0.15) is 0 Å². The third kappa shape index (κ3) is 5.50. The van der Waals surface area contributed by atoms with E-state index in [1.165, 1.54) is 11.1 Å². The van der Waals surface area contributed by atoms with Crippen LogP contribution in [-0.2, 0) is 4.57 Å². The zero-order valence-electron chi connectivity index (χ0n) is 17.2. The standard InChI is InChI=1S/C24H27O4P/c1-17(2)23-15-12-20(16-24(23)18(3)4)19-10-13-22(14-11-19)28-29(25,26)27-21-8-6-5-7-9-21/h5-18H,1-4H3,(H,25,26). The maximum atomic E-state index is 12.2. The van der Waals surface area contributed by atoms with E-state index < -0.39 is 7.82 Å². The number of phosphoric acid groups is 1. The predicted molar refractivity (Wildman–Crippen MR) is 118 cm³/mol. The molecule has 1 unspecified atom stereocenters. The highest BCUT2D eigenvalue weighted by atomic mass is 31.2. The molecule has 0 fully saturated rings. The minimum absolute atomic E-state index is 0.276. The van der Waals surface area contributed by atoms with E-state index in [9.17, 15) is 9.46 Å². The van der Waals surface area contributed by atoms with Gasteiger partial charge >= 0.3 is 7.82 Å². The molecule has 0 bridgehead atoms. The lowest BCUT2D eigenvalue weighted by molar-refractivity contribution is 0.291. The van der Waals surface area contributed by atoms with Gasteiger partial charge in [-0.05, 0) is 58.4 Å². The second kappa shape index (κ2) is 8.86. The second-order valence-corrected chi connectivity index (χ2v) is 8.94. The van der Waals surface area contributed by atoms with Crippen LogP contribution in [0, 0.1) is 0 Å². The Balaban J connectivity index is 1.78. The Labute approximate surface area is 172 Å². The fourth-order valence-electron chi connectivity index (χ4n) is 3.25. The summed E-state index contributed by atoms with van der Waals surface area (Å²) in [6.07, 6.45) is 0. The van der Waals surface area contributed by atoms with Crippen molar-refractivity contribution in [2.24, 2.45) is 0 Å². The van der Waals surface area contributed by atoms with Crippen molar-refractivity contribution in [1.29, 1.82) is 0 Å². The van der Waals surface area contributed by atoms with Gasteiger partial charge in [0.2, 0.25) is 0 Å². The van der Waals surface area contributed by atoms with Gasteiger partial charge in [-0.25, -0.2) is 4.57 Å². The highest BCUT2D eigenvalue weighted by molar-refractivity contribution is 7.48. The van der Waals surface area contributed by atoms with Crippen molar-refractivity contribution in [2.75, 3.05) is 0 Å². The average Bonchev–Trinajstić information content (AvgIpc) is 2.68. The van der Waals surface area contributed by atoms with E-state index in [2.05, 4.69) is 45.9 Å². The molecule has 3 aromatic carbocycles. The molecule has 152 valence electrons. The molecule has 0 saturated carbocycles. The van der Waals surface area contributed by atoms with Crippen molar-refractivity contribution in [3.63, 3.8) is 0 Å². The molecule has 29 heavy (non-hydrogen) atoms. The Kier molecular flexibility index (Phi) is 6.46. The molecular formula is C24H27O4P. The Morgan fingerprint density at radius 3 is 1.76 bits per heavy atom. The third-order valence-corrected chi connectivity index (χ3v) is 5.59. The molecule has 0 aliphatic heterocycles. The zero-order valence-corrected chi connectivity index (χ0v) is 18.1. The van der Waals surface area contributed by atoms with E-state index in [-0.39, 0.29) is 11.5 Å². The van der Waals surface area contributed by atoms with Crippen LogP contribution in [0.2, 0.25) is 0 Å². The quantitative estimate of drug-likeness (QED) is 0.420. The van der Waals surface area contributed by atoms with Crippen LogP contribution in [0.25, 0.3) is 11.1 Å². The van der Waals surface area contributed by atoms with Gasteiger partial charge in [-0.3, -0.25) is 4.89 Å². The molecule has 0 aromatic heterocycles. The first-order valence-corrected chi connectivity index (χ1v) is 11.3. The summed E-state index contributed by atoms with van der Waals surface area (Å²) in [7, 11) is -4.26. The fourth-order valence-corrected chi connectivity index (χ4v) is 4.07. The van der Waals surface area contributed by atoms with E-state index in [1.54, 1.807) is 42.5 Å². The number of hydrogen-bond donors (Lipinski definition) is 1. The lowest BCUT2D eigenvalue weighted by Crippen LogP contribution is -2.00. The fraction of sp³-hybridized carbons (Fsp3) is 0.250. The smallest absolute Gasteiger partial charge is 0.395 e. The van der Waals surface area contributed by atoms with Crippen molar-refractivity contribution in [3.05, 3.63) is 83.9 Å². The highest BCUT2D eigenvalue weighted by Gasteiger charge is 2.25. The molecule has 0 saturated heterocycles. The average molecular weight is 410 g/mol. The van der Waals surface area contributed by atoms with Crippen LogP contribution in [0.4, 0.5) is 0 Å². The van der Waals surface area contributed by atoms with Crippen LogP contribution < -0.4 is 9.05 Å². The zero-order chi connectivity index (χ0) is 21.0. The largest absolute Gasteiger partial charge is 0.584 e. The summed E-state index contributed by atoms with van der Waals surface area (Å²) >= 11 is 0. The Bertz CT molecular complexity index is 995. The third-order valence-electron chi connectivity index (χ3n) is 4.70. The predicted octanol–water partition coefficient (Wildman–Crippen LogP) is 7.16. The summed E-state index contributed by atoms with van der Waals surface area (Å²) in [5, 5.41) is 0. The maximum Gasteiger partial charge on any atom is 0.584 e. The number of rotatable bonds is 7. The topological polar surface area (TPSA) is 55.8 Å².